The van der Waals surface area contributed by atoms with Crippen LogP contribution in [0.25, 0.3) is 0 Å². The van der Waals surface area contributed by atoms with Crippen LogP contribution < -0.4 is 14.8 Å². The molecule has 8 heteroatoms. The van der Waals surface area contributed by atoms with Crippen LogP contribution in [-0.4, -0.2) is 58.6 Å². The Labute approximate surface area is 149 Å². The fraction of sp³-hybridized carbons (Fsp3) is 0.588. The second kappa shape index (κ2) is 9.17. The molecule has 1 fully saturated rings. The Morgan fingerprint density at radius 3 is 2.68 bits per heavy atom. The number of piperidine rings is 1. The number of hydrogen-bond donors (Lipinski definition) is 2. The smallest absolute Gasteiger partial charge is 0.240 e. The van der Waals surface area contributed by atoms with Crippen LogP contribution in [0.4, 0.5) is 0 Å². The summed E-state index contributed by atoms with van der Waals surface area (Å²) in [6, 6.07) is 6.55. The number of rotatable bonds is 8. The lowest BCUT2D eigenvalue weighted by Crippen LogP contribution is -2.47. The van der Waals surface area contributed by atoms with Crippen molar-refractivity contribution in [2.24, 2.45) is 0 Å². The van der Waals surface area contributed by atoms with E-state index < -0.39 is 10.0 Å². The van der Waals surface area contributed by atoms with Gasteiger partial charge in [-0.15, -0.1) is 0 Å². The lowest BCUT2D eigenvalue weighted by atomic mass is 10.1. The van der Waals surface area contributed by atoms with Crippen molar-refractivity contribution in [3.8, 4) is 5.75 Å². The zero-order valence-electron chi connectivity index (χ0n) is 14.8. The zero-order valence-corrected chi connectivity index (χ0v) is 15.6. The predicted molar refractivity (Wildman–Crippen MR) is 96.1 cm³/mol. The average Bonchev–Trinajstić information content (AvgIpc) is 2.62. The first kappa shape index (κ1) is 19.7. The number of ether oxygens (including phenoxy) is 1. The largest absolute Gasteiger partial charge is 0.494 e. The molecule has 0 aliphatic carbocycles. The fourth-order valence-electron chi connectivity index (χ4n) is 2.85. The molecule has 0 radical (unpaired) electrons. The molecule has 1 heterocycles. The molecule has 0 spiro atoms. The number of nitrogens with zero attached hydrogens (tertiary/aromatic N) is 1. The number of carbonyl (C=O) groups is 1. The van der Waals surface area contributed by atoms with E-state index in [1.807, 2.05) is 14.0 Å². The van der Waals surface area contributed by atoms with Gasteiger partial charge in [0.05, 0.1) is 11.5 Å². The Balaban J connectivity index is 1.84. The van der Waals surface area contributed by atoms with Crippen LogP contribution >= 0.6 is 0 Å². The summed E-state index contributed by atoms with van der Waals surface area (Å²) in [6.45, 7) is 3.90. The number of likely N-dealkylation sites (N-methyl/N-ethyl adjacent to an activating group) is 1. The molecule has 140 valence electrons. The van der Waals surface area contributed by atoms with Crippen molar-refractivity contribution in [3.05, 3.63) is 24.3 Å². The number of benzene rings is 1. The highest BCUT2D eigenvalue weighted by molar-refractivity contribution is 7.89. The second-order valence-electron chi connectivity index (χ2n) is 6.02. The fourth-order valence-corrected chi connectivity index (χ4v) is 3.89. The molecule has 2 N–H and O–H groups in total. The number of nitrogens with one attached hydrogen (secondary N) is 2. The van der Waals surface area contributed by atoms with Gasteiger partial charge in [-0.3, -0.25) is 4.79 Å². The van der Waals surface area contributed by atoms with Gasteiger partial charge in [0.2, 0.25) is 15.9 Å². The molecular formula is C17H27N3O4S. The van der Waals surface area contributed by atoms with Crippen LogP contribution in [0.3, 0.4) is 0 Å². The van der Waals surface area contributed by atoms with Gasteiger partial charge in [0, 0.05) is 32.1 Å². The van der Waals surface area contributed by atoms with Gasteiger partial charge in [-0.05, 0) is 51.1 Å². The Morgan fingerprint density at radius 2 is 2.04 bits per heavy atom. The number of amides is 1. The van der Waals surface area contributed by atoms with Crippen LogP contribution in [0.5, 0.6) is 5.75 Å². The van der Waals surface area contributed by atoms with Gasteiger partial charge in [-0.1, -0.05) is 0 Å². The highest BCUT2D eigenvalue weighted by atomic mass is 32.2. The molecule has 0 saturated carbocycles. The van der Waals surface area contributed by atoms with Crippen molar-refractivity contribution in [2.45, 2.75) is 37.1 Å². The molecular weight excluding hydrogens is 342 g/mol. The van der Waals surface area contributed by atoms with E-state index in [4.69, 9.17) is 4.74 Å². The van der Waals surface area contributed by atoms with Gasteiger partial charge < -0.3 is 15.0 Å². The molecule has 1 unspecified atom stereocenters. The monoisotopic (exact) mass is 369 g/mol. The van der Waals surface area contributed by atoms with E-state index in [0.29, 0.717) is 24.9 Å². The third kappa shape index (κ3) is 5.69. The highest BCUT2D eigenvalue weighted by Gasteiger charge is 2.22. The minimum atomic E-state index is -3.62. The summed E-state index contributed by atoms with van der Waals surface area (Å²) < 4.78 is 32.3. The molecule has 1 aliphatic rings. The molecule has 25 heavy (non-hydrogen) atoms. The topological polar surface area (TPSA) is 87.7 Å². The van der Waals surface area contributed by atoms with Gasteiger partial charge in [-0.2, -0.15) is 0 Å². The lowest BCUT2D eigenvalue weighted by Gasteiger charge is -2.32. The van der Waals surface area contributed by atoms with Gasteiger partial charge in [-0.25, -0.2) is 13.1 Å². The average molecular weight is 369 g/mol. The summed E-state index contributed by atoms with van der Waals surface area (Å²) in [5.41, 5.74) is 0. The SMILES string of the molecule is CCOc1ccc(S(=O)(=O)NCCC(=O)N2CCCC(NC)C2)cc1. The molecule has 7 nitrogen and oxygen atoms in total. The first-order valence-corrected chi connectivity index (χ1v) is 10.1. The maximum absolute atomic E-state index is 12.3. The van der Waals surface area contributed by atoms with Crippen molar-refractivity contribution in [3.63, 3.8) is 0 Å². The molecule has 1 aromatic rings. The van der Waals surface area contributed by atoms with Crippen LogP contribution in [0, 0.1) is 0 Å². The molecule has 0 bridgehead atoms. The van der Waals surface area contributed by atoms with E-state index in [0.717, 1.165) is 19.4 Å². The molecule has 1 aromatic carbocycles. The standard InChI is InChI=1S/C17H27N3O4S/c1-3-24-15-6-8-16(9-7-15)25(22,23)19-11-10-17(21)20-12-4-5-14(13-20)18-2/h6-9,14,18-19H,3-5,10-13H2,1-2H3. The summed E-state index contributed by atoms with van der Waals surface area (Å²) in [5.74, 6) is 0.607. The van der Waals surface area contributed by atoms with E-state index >= 15 is 0 Å². The van der Waals surface area contributed by atoms with E-state index in [1.165, 1.54) is 12.1 Å². The maximum Gasteiger partial charge on any atom is 0.240 e. The zero-order chi connectivity index (χ0) is 18.3. The maximum atomic E-state index is 12.3. The van der Waals surface area contributed by atoms with Crippen molar-refractivity contribution in [1.29, 1.82) is 0 Å². The molecule has 0 aromatic heterocycles. The van der Waals surface area contributed by atoms with E-state index in [-0.39, 0.29) is 23.8 Å². The number of likely N-dealkylation sites (tertiary alicyclic amines) is 1. The predicted octanol–water partition coefficient (Wildman–Crippen LogP) is 0.964. The Kier molecular flexibility index (Phi) is 7.22. The van der Waals surface area contributed by atoms with E-state index in [9.17, 15) is 13.2 Å². The summed E-state index contributed by atoms with van der Waals surface area (Å²) in [7, 11) is -1.73. The summed E-state index contributed by atoms with van der Waals surface area (Å²) >= 11 is 0. The highest BCUT2D eigenvalue weighted by Crippen LogP contribution is 2.16. The van der Waals surface area contributed by atoms with Crippen LogP contribution in [0.1, 0.15) is 26.2 Å². The molecule has 1 aliphatic heterocycles. The summed E-state index contributed by atoms with van der Waals surface area (Å²) in [4.78, 5) is 14.2. The Hall–Kier alpha value is -1.64. The normalized spacial score (nSPS) is 18.2. The minimum Gasteiger partial charge on any atom is -0.494 e. The van der Waals surface area contributed by atoms with Gasteiger partial charge in [0.1, 0.15) is 5.75 Å². The Bertz CT molecular complexity index is 661. The molecule has 1 saturated heterocycles. The first-order chi connectivity index (χ1) is 12.0. The van der Waals surface area contributed by atoms with Gasteiger partial charge >= 0.3 is 0 Å². The van der Waals surface area contributed by atoms with E-state index in [2.05, 4.69) is 10.0 Å². The van der Waals surface area contributed by atoms with Crippen molar-refractivity contribution in [1.82, 2.24) is 14.9 Å². The molecule has 2 rings (SSSR count). The molecule has 1 amide bonds. The quantitative estimate of drug-likeness (QED) is 0.713. The lowest BCUT2D eigenvalue weighted by molar-refractivity contribution is -0.132. The van der Waals surface area contributed by atoms with E-state index in [1.54, 1.807) is 17.0 Å². The summed E-state index contributed by atoms with van der Waals surface area (Å²) in [5, 5.41) is 3.19. The number of sulfonamides is 1. The van der Waals surface area contributed by atoms with Crippen LogP contribution in [-0.2, 0) is 14.8 Å². The minimum absolute atomic E-state index is 0.0191. The Morgan fingerprint density at radius 1 is 1.32 bits per heavy atom. The van der Waals surface area contributed by atoms with Crippen LogP contribution in [0.15, 0.2) is 29.2 Å². The first-order valence-electron chi connectivity index (χ1n) is 8.64. The van der Waals surface area contributed by atoms with Crippen LogP contribution in [0.2, 0.25) is 0 Å². The van der Waals surface area contributed by atoms with Gasteiger partial charge in [0.25, 0.3) is 0 Å². The van der Waals surface area contributed by atoms with Crippen molar-refractivity contribution in [2.75, 3.05) is 33.3 Å². The van der Waals surface area contributed by atoms with Gasteiger partial charge in [0.15, 0.2) is 0 Å². The third-order valence-corrected chi connectivity index (χ3v) is 5.74. The number of hydrogen-bond acceptors (Lipinski definition) is 5. The third-order valence-electron chi connectivity index (χ3n) is 4.26. The summed E-state index contributed by atoms with van der Waals surface area (Å²) in [6.07, 6.45) is 2.19. The number of carbonyl (C=O) groups excluding carboxylic acids is 1. The molecule has 1 atom stereocenters. The second-order valence-corrected chi connectivity index (χ2v) is 7.79. The van der Waals surface area contributed by atoms with Crippen molar-refractivity contribution >= 4 is 15.9 Å². The van der Waals surface area contributed by atoms with Crippen molar-refractivity contribution < 1.29 is 17.9 Å².